The van der Waals surface area contributed by atoms with Gasteiger partial charge in [0.2, 0.25) is 0 Å². The molecule has 2 rings (SSSR count). The van der Waals surface area contributed by atoms with E-state index < -0.39 is 0 Å². The summed E-state index contributed by atoms with van der Waals surface area (Å²) in [6.07, 6.45) is 0. The highest BCUT2D eigenvalue weighted by molar-refractivity contribution is 5.88. The first-order valence-corrected chi connectivity index (χ1v) is 6.27. The zero-order valence-corrected chi connectivity index (χ0v) is 11.8. The fourth-order valence-electron chi connectivity index (χ4n) is 2.44. The molecule has 19 heavy (non-hydrogen) atoms. The third kappa shape index (κ3) is 2.76. The molecule has 0 heterocycles. The van der Waals surface area contributed by atoms with Gasteiger partial charge in [-0.15, -0.1) is 0 Å². The molecule has 0 saturated heterocycles. The van der Waals surface area contributed by atoms with Gasteiger partial charge in [-0.1, -0.05) is 18.2 Å². The monoisotopic (exact) mass is 257 g/mol. The van der Waals surface area contributed by atoms with E-state index in [0.717, 1.165) is 22.1 Å². The molecule has 0 amide bonds. The maximum absolute atomic E-state index is 11.8. The number of nitrogens with zero attached hydrogens (tertiary/aromatic N) is 1. The van der Waals surface area contributed by atoms with Gasteiger partial charge in [-0.25, -0.2) is 0 Å². The van der Waals surface area contributed by atoms with Gasteiger partial charge in [0, 0.05) is 0 Å². The van der Waals surface area contributed by atoms with Crippen LogP contribution < -0.4 is 4.74 Å². The second kappa shape index (κ2) is 5.41. The van der Waals surface area contributed by atoms with E-state index in [1.54, 1.807) is 14.0 Å². The highest BCUT2D eigenvalue weighted by Gasteiger charge is 2.19. The summed E-state index contributed by atoms with van der Waals surface area (Å²) >= 11 is 0. The minimum atomic E-state index is -0.188. The number of Topliss-reactive ketones (excluding diaryl/α,β-unsaturated/α-hetero) is 1. The first-order valence-electron chi connectivity index (χ1n) is 6.27. The Morgan fingerprint density at radius 1 is 1.11 bits per heavy atom. The van der Waals surface area contributed by atoms with Crippen LogP contribution in [0.3, 0.4) is 0 Å². The van der Waals surface area contributed by atoms with E-state index in [1.165, 1.54) is 0 Å². The third-order valence-corrected chi connectivity index (χ3v) is 3.29. The Morgan fingerprint density at radius 3 is 2.32 bits per heavy atom. The molecule has 0 bridgehead atoms. The quantitative estimate of drug-likeness (QED) is 0.843. The lowest BCUT2D eigenvalue weighted by atomic mass is 9.99. The molecule has 2 aromatic rings. The Kier molecular flexibility index (Phi) is 3.86. The lowest BCUT2D eigenvalue weighted by molar-refractivity contribution is -0.121. The van der Waals surface area contributed by atoms with Gasteiger partial charge >= 0.3 is 0 Å². The number of ether oxygens (including phenoxy) is 1. The number of carbonyl (C=O) groups is 1. The van der Waals surface area contributed by atoms with Gasteiger partial charge in [-0.05, 0) is 55.6 Å². The molecule has 0 spiro atoms. The summed E-state index contributed by atoms with van der Waals surface area (Å²) in [5.74, 6) is 0.994. The largest absolute Gasteiger partial charge is 0.497 e. The van der Waals surface area contributed by atoms with Crippen molar-refractivity contribution >= 4 is 16.6 Å². The highest BCUT2D eigenvalue weighted by Crippen LogP contribution is 2.26. The Bertz CT molecular complexity index is 605. The number of likely N-dealkylation sites (N-methyl/N-ethyl adjacent to an activating group) is 1. The van der Waals surface area contributed by atoms with Crippen molar-refractivity contribution in [3.8, 4) is 5.75 Å². The highest BCUT2D eigenvalue weighted by atomic mass is 16.5. The molecule has 2 aromatic carbocycles. The summed E-state index contributed by atoms with van der Waals surface area (Å²) in [5, 5.41) is 2.23. The molecular weight excluding hydrogens is 238 g/mol. The number of carbonyl (C=O) groups excluding carboxylic acids is 1. The van der Waals surface area contributed by atoms with Crippen molar-refractivity contribution in [2.45, 2.75) is 13.0 Å². The summed E-state index contributed by atoms with van der Waals surface area (Å²) in [6, 6.07) is 11.9. The number of methoxy groups -OCH3 is 1. The average Bonchev–Trinajstić information content (AvgIpc) is 2.37. The van der Waals surface area contributed by atoms with Crippen LogP contribution in [0, 0.1) is 0 Å². The minimum absolute atomic E-state index is 0.151. The molecule has 3 nitrogen and oxygen atoms in total. The van der Waals surface area contributed by atoms with Crippen LogP contribution in [0.1, 0.15) is 18.5 Å². The van der Waals surface area contributed by atoms with Crippen molar-refractivity contribution in [3.05, 3.63) is 42.0 Å². The number of rotatable bonds is 4. The second-order valence-electron chi connectivity index (χ2n) is 4.95. The molecule has 3 heteroatoms. The molecule has 1 atom stereocenters. The third-order valence-electron chi connectivity index (χ3n) is 3.29. The van der Waals surface area contributed by atoms with Crippen molar-refractivity contribution in [1.82, 2.24) is 4.90 Å². The summed E-state index contributed by atoms with van der Waals surface area (Å²) < 4.78 is 5.21. The first-order chi connectivity index (χ1) is 9.02. The van der Waals surface area contributed by atoms with Gasteiger partial charge < -0.3 is 4.74 Å². The predicted molar refractivity (Wildman–Crippen MR) is 77.6 cm³/mol. The van der Waals surface area contributed by atoms with Gasteiger partial charge in [0.25, 0.3) is 0 Å². The van der Waals surface area contributed by atoms with Crippen molar-refractivity contribution in [3.63, 3.8) is 0 Å². The molecule has 0 aliphatic rings. The van der Waals surface area contributed by atoms with Crippen LogP contribution in [0.25, 0.3) is 10.8 Å². The van der Waals surface area contributed by atoms with Crippen LogP contribution in [0.5, 0.6) is 5.75 Å². The van der Waals surface area contributed by atoms with E-state index >= 15 is 0 Å². The van der Waals surface area contributed by atoms with Gasteiger partial charge in [-0.2, -0.15) is 0 Å². The first kappa shape index (κ1) is 13.6. The predicted octanol–water partition coefficient (Wildman–Crippen LogP) is 3.04. The van der Waals surface area contributed by atoms with Crippen LogP contribution in [0.2, 0.25) is 0 Å². The molecule has 0 fully saturated rings. The Hall–Kier alpha value is -1.87. The maximum atomic E-state index is 11.8. The zero-order chi connectivity index (χ0) is 14.0. The van der Waals surface area contributed by atoms with Crippen molar-refractivity contribution in [1.29, 1.82) is 0 Å². The summed E-state index contributed by atoms with van der Waals surface area (Å²) in [7, 11) is 5.50. The summed E-state index contributed by atoms with van der Waals surface area (Å²) in [6.45, 7) is 1.63. The molecule has 0 aliphatic carbocycles. The van der Waals surface area contributed by atoms with Crippen molar-refractivity contribution < 1.29 is 9.53 Å². The maximum Gasteiger partial charge on any atom is 0.151 e. The Labute approximate surface area is 113 Å². The van der Waals surface area contributed by atoms with Crippen molar-refractivity contribution in [2.24, 2.45) is 0 Å². The van der Waals surface area contributed by atoms with E-state index in [4.69, 9.17) is 4.74 Å². The Balaban J connectivity index is 2.49. The fourth-order valence-corrected chi connectivity index (χ4v) is 2.44. The summed E-state index contributed by atoms with van der Waals surface area (Å²) in [5.41, 5.74) is 1.02. The molecule has 0 aromatic heterocycles. The van der Waals surface area contributed by atoms with E-state index in [2.05, 4.69) is 6.07 Å². The van der Waals surface area contributed by atoms with E-state index in [0.29, 0.717) is 0 Å². The van der Waals surface area contributed by atoms with Crippen LogP contribution >= 0.6 is 0 Å². The molecule has 1 unspecified atom stereocenters. The van der Waals surface area contributed by atoms with Gasteiger partial charge in [0.1, 0.15) is 5.75 Å². The number of hydrogen-bond donors (Lipinski definition) is 0. The van der Waals surface area contributed by atoms with E-state index in [-0.39, 0.29) is 11.8 Å². The molecular formula is C16H19NO2. The van der Waals surface area contributed by atoms with Gasteiger partial charge in [0.05, 0.1) is 13.2 Å². The van der Waals surface area contributed by atoms with Crippen LogP contribution in [-0.2, 0) is 4.79 Å². The fraction of sp³-hybridized carbons (Fsp3) is 0.312. The smallest absolute Gasteiger partial charge is 0.151 e. The van der Waals surface area contributed by atoms with Gasteiger partial charge in [-0.3, -0.25) is 9.69 Å². The zero-order valence-electron chi connectivity index (χ0n) is 11.8. The number of fused-ring (bicyclic) bond motifs is 1. The second-order valence-corrected chi connectivity index (χ2v) is 4.95. The van der Waals surface area contributed by atoms with Crippen LogP contribution in [-0.4, -0.2) is 31.9 Å². The standard InChI is InChI=1S/C16H19NO2/c1-11(18)16(17(2)3)14-6-5-13-10-15(19-4)8-7-12(13)9-14/h5-10,16H,1-4H3. The lowest BCUT2D eigenvalue weighted by Gasteiger charge is -2.22. The van der Waals surface area contributed by atoms with Crippen LogP contribution in [0.4, 0.5) is 0 Å². The summed E-state index contributed by atoms with van der Waals surface area (Å²) in [4.78, 5) is 13.7. The number of hydrogen-bond acceptors (Lipinski definition) is 3. The molecule has 0 aliphatic heterocycles. The van der Waals surface area contributed by atoms with E-state index in [9.17, 15) is 4.79 Å². The topological polar surface area (TPSA) is 29.5 Å². The average molecular weight is 257 g/mol. The Morgan fingerprint density at radius 2 is 1.74 bits per heavy atom. The number of ketones is 1. The van der Waals surface area contributed by atoms with Crippen LogP contribution in [0.15, 0.2) is 36.4 Å². The normalized spacial score (nSPS) is 12.7. The molecule has 0 N–H and O–H groups in total. The molecule has 0 saturated carbocycles. The molecule has 0 radical (unpaired) electrons. The van der Waals surface area contributed by atoms with Gasteiger partial charge in [0.15, 0.2) is 5.78 Å². The van der Waals surface area contributed by atoms with Crippen molar-refractivity contribution in [2.75, 3.05) is 21.2 Å². The minimum Gasteiger partial charge on any atom is -0.497 e. The number of benzene rings is 2. The lowest BCUT2D eigenvalue weighted by Crippen LogP contribution is -2.25. The molecule has 100 valence electrons. The van der Waals surface area contributed by atoms with E-state index in [1.807, 2.05) is 49.3 Å². The SMILES string of the molecule is COc1ccc2cc(C(C(C)=O)N(C)C)ccc2c1.